The van der Waals surface area contributed by atoms with Crippen molar-refractivity contribution in [2.45, 2.75) is 20.8 Å². The van der Waals surface area contributed by atoms with E-state index in [4.69, 9.17) is 14.7 Å². The van der Waals surface area contributed by atoms with Crippen molar-refractivity contribution < 1.29 is 19.5 Å². The smallest absolute Gasteiger partial charge is 0.373 e. The van der Waals surface area contributed by atoms with E-state index in [2.05, 4.69) is 0 Å². The van der Waals surface area contributed by atoms with Gasteiger partial charge in [-0.2, -0.15) is 9.59 Å². The molecule has 0 atom stereocenters. The maximum absolute atomic E-state index is 9.44. The number of ketones is 1. The molecule has 0 spiro atoms. The van der Waals surface area contributed by atoms with E-state index in [9.17, 15) is 4.79 Å². The predicted octanol–water partition coefficient (Wildman–Crippen LogP) is 0.0104. The van der Waals surface area contributed by atoms with Gasteiger partial charge in [0.05, 0.1) is 0 Å². The van der Waals surface area contributed by atoms with Gasteiger partial charge in [-0.1, -0.05) is 0 Å². The molecule has 0 radical (unpaired) electrons. The Morgan fingerprint density at radius 2 is 1.40 bits per heavy atom. The summed E-state index contributed by atoms with van der Waals surface area (Å²) >= 11 is 0. The molecule has 0 aliphatic carbocycles. The normalized spacial score (nSPS) is 5.20. The van der Waals surface area contributed by atoms with E-state index in [1.165, 1.54) is 13.8 Å². The molecule has 0 rings (SSSR count). The van der Waals surface area contributed by atoms with Crippen LogP contribution in [0.1, 0.15) is 20.8 Å². The molecule has 60 valence electrons. The largest absolute Gasteiger partial charge is 0.397 e. The number of rotatable bonds is 0. The zero-order valence-electron chi connectivity index (χ0n) is 6.38. The Balaban J connectivity index is -0.0000000750. The van der Waals surface area contributed by atoms with E-state index in [1.807, 2.05) is 0 Å². The van der Waals surface area contributed by atoms with Gasteiger partial charge in [-0.25, -0.2) is 0 Å². The molecule has 0 saturated carbocycles. The van der Waals surface area contributed by atoms with Gasteiger partial charge in [-0.3, -0.25) is 0 Å². The van der Waals surface area contributed by atoms with Crippen molar-refractivity contribution in [3.8, 4) is 0 Å². The van der Waals surface area contributed by atoms with E-state index < -0.39 is 0 Å². The van der Waals surface area contributed by atoms with Crippen LogP contribution in [-0.4, -0.2) is 23.6 Å². The third kappa shape index (κ3) is 258. The second-order valence-corrected chi connectivity index (χ2v) is 1.31. The highest BCUT2D eigenvalue weighted by atomic mass is 16.2. The van der Waals surface area contributed by atoms with Crippen molar-refractivity contribution in [3.63, 3.8) is 0 Å². The van der Waals surface area contributed by atoms with Gasteiger partial charge in [0.2, 0.25) is 0 Å². The molecule has 0 fully saturated rings. The number of aliphatic hydroxyl groups excluding tert-OH is 1. The van der Waals surface area contributed by atoms with Crippen molar-refractivity contribution in [2.75, 3.05) is 6.61 Å². The summed E-state index contributed by atoms with van der Waals surface area (Å²) in [6.45, 7) is 4.99. The number of hydrogen-bond donors (Lipinski definition) is 1. The minimum Gasteiger partial charge on any atom is -0.397 e. The van der Waals surface area contributed by atoms with Crippen LogP contribution in [-0.2, 0) is 14.4 Å². The fourth-order valence-corrected chi connectivity index (χ4v) is 0. The molecule has 0 amide bonds. The zero-order valence-corrected chi connectivity index (χ0v) is 6.38. The van der Waals surface area contributed by atoms with Crippen molar-refractivity contribution >= 4 is 11.9 Å². The quantitative estimate of drug-likeness (QED) is 0.525. The van der Waals surface area contributed by atoms with Gasteiger partial charge in [0.25, 0.3) is 0 Å². The number of aliphatic hydroxyl groups is 1. The Bertz CT molecular complexity index is 87.9. The second kappa shape index (κ2) is 24.5. The molecular weight excluding hydrogens is 136 g/mol. The Kier molecular flexibility index (Phi) is 39.2. The minimum atomic E-state index is 0.167. The molecular formula is C6H12O4. The molecule has 0 aromatic heterocycles. The SMILES string of the molecule is CC(C)=O.CCO.O=C=O. The molecule has 0 saturated heterocycles. The standard InChI is InChI=1S/C3H6O.C2H6O.CO2/c1-3(2)4;1-2-3;2-1-3/h1-2H3;3H,2H2,1H3;. The monoisotopic (exact) mass is 148 g/mol. The first-order chi connectivity index (χ1) is 4.56. The summed E-state index contributed by atoms with van der Waals surface area (Å²) in [5, 5.41) is 7.57. The van der Waals surface area contributed by atoms with Crippen LogP contribution in [0.2, 0.25) is 0 Å². The van der Waals surface area contributed by atoms with Crippen molar-refractivity contribution in [2.24, 2.45) is 0 Å². The molecule has 0 aromatic carbocycles. The van der Waals surface area contributed by atoms with Crippen molar-refractivity contribution in [3.05, 3.63) is 0 Å². The van der Waals surface area contributed by atoms with Crippen molar-refractivity contribution in [1.29, 1.82) is 0 Å². The first kappa shape index (κ1) is 16.0. The van der Waals surface area contributed by atoms with Crippen LogP contribution in [0, 0.1) is 0 Å². The molecule has 1 N–H and O–H groups in total. The molecule has 0 aromatic rings. The lowest BCUT2D eigenvalue weighted by Crippen LogP contribution is -1.69. The first-order valence-electron chi connectivity index (χ1n) is 2.64. The van der Waals surface area contributed by atoms with Crippen LogP contribution in [0.4, 0.5) is 0 Å². The maximum Gasteiger partial charge on any atom is 0.373 e. The van der Waals surface area contributed by atoms with Crippen molar-refractivity contribution in [1.82, 2.24) is 0 Å². The van der Waals surface area contributed by atoms with E-state index in [-0.39, 0.29) is 18.5 Å². The Morgan fingerprint density at radius 3 is 1.40 bits per heavy atom. The highest BCUT2D eigenvalue weighted by molar-refractivity contribution is 5.72. The molecule has 0 heterocycles. The fraction of sp³-hybridized carbons (Fsp3) is 0.667. The van der Waals surface area contributed by atoms with Crippen LogP contribution < -0.4 is 0 Å². The topological polar surface area (TPSA) is 71.4 Å². The summed E-state index contributed by atoms with van der Waals surface area (Å²) in [7, 11) is 0. The Labute approximate surface area is 59.9 Å². The van der Waals surface area contributed by atoms with Gasteiger partial charge >= 0.3 is 6.15 Å². The first-order valence-corrected chi connectivity index (χ1v) is 2.64. The molecule has 10 heavy (non-hydrogen) atoms. The molecule has 4 heteroatoms. The summed E-state index contributed by atoms with van der Waals surface area (Å²) in [6.07, 6.45) is 0.250. The van der Waals surface area contributed by atoms with E-state index >= 15 is 0 Å². The van der Waals surface area contributed by atoms with Crippen LogP contribution in [0.5, 0.6) is 0 Å². The fourth-order valence-electron chi connectivity index (χ4n) is 0. The van der Waals surface area contributed by atoms with Gasteiger partial charge in [0, 0.05) is 6.61 Å². The lowest BCUT2D eigenvalue weighted by molar-refractivity contribution is -0.191. The van der Waals surface area contributed by atoms with Crippen LogP contribution >= 0.6 is 0 Å². The summed E-state index contributed by atoms with van der Waals surface area (Å²) in [6, 6.07) is 0. The summed E-state index contributed by atoms with van der Waals surface area (Å²) < 4.78 is 0. The lowest BCUT2D eigenvalue weighted by Gasteiger charge is -1.56. The van der Waals surface area contributed by atoms with E-state index in [0.29, 0.717) is 0 Å². The highest BCUT2D eigenvalue weighted by Crippen LogP contribution is 1.50. The maximum atomic E-state index is 9.44. The lowest BCUT2D eigenvalue weighted by atomic mass is 10.6. The van der Waals surface area contributed by atoms with Crippen LogP contribution in [0.3, 0.4) is 0 Å². The number of Topliss-reactive ketones (excluding diaryl/α,β-unsaturated/α-hetero) is 1. The summed E-state index contributed by atoms with van der Waals surface area (Å²) in [4.78, 5) is 25.7. The Morgan fingerprint density at radius 1 is 1.40 bits per heavy atom. The van der Waals surface area contributed by atoms with Crippen LogP contribution in [0.25, 0.3) is 0 Å². The minimum absolute atomic E-state index is 0.167. The molecule has 0 aliphatic heterocycles. The van der Waals surface area contributed by atoms with Gasteiger partial charge in [-0.15, -0.1) is 0 Å². The van der Waals surface area contributed by atoms with Crippen LogP contribution in [0.15, 0.2) is 0 Å². The second-order valence-electron chi connectivity index (χ2n) is 1.31. The summed E-state index contributed by atoms with van der Waals surface area (Å²) in [5.74, 6) is 0.167. The van der Waals surface area contributed by atoms with Gasteiger partial charge < -0.3 is 9.90 Å². The average molecular weight is 148 g/mol. The van der Waals surface area contributed by atoms with Gasteiger partial charge in [-0.05, 0) is 20.8 Å². The third-order valence-electron chi connectivity index (χ3n) is 0. The highest BCUT2D eigenvalue weighted by Gasteiger charge is 1.62. The predicted molar refractivity (Wildman–Crippen MR) is 34.1 cm³/mol. The number of hydrogen-bond acceptors (Lipinski definition) is 4. The van der Waals surface area contributed by atoms with E-state index in [0.717, 1.165) is 0 Å². The molecule has 0 bridgehead atoms. The summed E-state index contributed by atoms with van der Waals surface area (Å²) in [5.41, 5.74) is 0. The Hall–Kier alpha value is -0.990. The third-order valence-corrected chi connectivity index (χ3v) is 0. The van der Waals surface area contributed by atoms with E-state index in [1.54, 1.807) is 6.92 Å². The number of carbonyl (C=O) groups is 1. The number of carbonyl (C=O) groups excluding carboxylic acids is 3. The van der Waals surface area contributed by atoms with Gasteiger partial charge in [0.15, 0.2) is 0 Å². The molecule has 0 aliphatic rings. The molecule has 0 unspecified atom stereocenters. The van der Waals surface area contributed by atoms with Gasteiger partial charge in [0.1, 0.15) is 5.78 Å². The zero-order chi connectivity index (χ0) is 8.99. The average Bonchev–Trinajstić information content (AvgIpc) is 1.65. The molecule has 4 nitrogen and oxygen atoms in total.